The summed E-state index contributed by atoms with van der Waals surface area (Å²) in [6.07, 6.45) is 5.40. The van der Waals surface area contributed by atoms with Gasteiger partial charge in [-0.2, -0.15) is 0 Å². The van der Waals surface area contributed by atoms with Crippen LogP contribution in [0.5, 0.6) is 5.75 Å². The third-order valence-electron chi connectivity index (χ3n) is 3.40. The van der Waals surface area contributed by atoms with Gasteiger partial charge in [0.25, 0.3) is 0 Å². The molecule has 3 aromatic rings. The summed E-state index contributed by atoms with van der Waals surface area (Å²) in [6.45, 7) is 0.630. The van der Waals surface area contributed by atoms with Gasteiger partial charge in [0.2, 0.25) is 0 Å². The number of imidazole rings is 1. The standard InChI is InChI=1S/C17H17ClN4O/c1-19-15-4-2-3-5-16(15)21-23-17-7-6-14(18)10-13(17)11-22-9-8-20-12-22/h2-10,12,19,21H,11H2,1H3. The minimum atomic E-state index is 0.630. The number of benzene rings is 2. The number of para-hydroxylation sites is 2. The lowest BCUT2D eigenvalue weighted by Crippen LogP contribution is -2.09. The fraction of sp³-hybridized carbons (Fsp3) is 0.118. The normalized spacial score (nSPS) is 10.3. The Morgan fingerprint density at radius 2 is 2.00 bits per heavy atom. The molecule has 1 aromatic heterocycles. The van der Waals surface area contributed by atoms with Crippen molar-refractivity contribution >= 4 is 23.0 Å². The molecule has 0 fully saturated rings. The number of nitrogens with zero attached hydrogens (tertiary/aromatic N) is 2. The molecule has 118 valence electrons. The third kappa shape index (κ3) is 3.76. The Kier molecular flexibility index (Phi) is 4.68. The van der Waals surface area contributed by atoms with Crippen LogP contribution in [0.4, 0.5) is 11.4 Å². The molecule has 0 aliphatic rings. The smallest absolute Gasteiger partial charge is 0.160 e. The SMILES string of the molecule is CNc1ccccc1NOc1ccc(Cl)cc1Cn1ccnc1. The number of rotatable bonds is 6. The van der Waals surface area contributed by atoms with E-state index in [1.807, 2.05) is 54.2 Å². The maximum Gasteiger partial charge on any atom is 0.160 e. The highest BCUT2D eigenvalue weighted by Gasteiger charge is 2.08. The number of aromatic nitrogens is 2. The molecule has 0 unspecified atom stereocenters. The zero-order valence-electron chi connectivity index (χ0n) is 12.7. The van der Waals surface area contributed by atoms with Crippen molar-refractivity contribution in [1.82, 2.24) is 9.55 Å². The van der Waals surface area contributed by atoms with Crippen LogP contribution in [0.15, 0.2) is 61.2 Å². The van der Waals surface area contributed by atoms with E-state index >= 15 is 0 Å². The molecule has 5 nitrogen and oxygen atoms in total. The van der Waals surface area contributed by atoms with E-state index in [0.717, 1.165) is 16.9 Å². The molecule has 0 radical (unpaired) electrons. The third-order valence-corrected chi connectivity index (χ3v) is 3.64. The molecule has 23 heavy (non-hydrogen) atoms. The average Bonchev–Trinajstić information content (AvgIpc) is 3.07. The second-order valence-electron chi connectivity index (χ2n) is 4.99. The summed E-state index contributed by atoms with van der Waals surface area (Å²) in [7, 11) is 1.87. The zero-order chi connectivity index (χ0) is 16.1. The van der Waals surface area contributed by atoms with Crippen LogP contribution in [0, 0.1) is 0 Å². The summed E-state index contributed by atoms with van der Waals surface area (Å²) in [4.78, 5) is 9.84. The highest BCUT2D eigenvalue weighted by Crippen LogP contribution is 2.26. The first-order valence-electron chi connectivity index (χ1n) is 7.20. The highest BCUT2D eigenvalue weighted by molar-refractivity contribution is 6.30. The molecule has 6 heteroatoms. The lowest BCUT2D eigenvalue weighted by Gasteiger charge is -2.15. The van der Waals surface area contributed by atoms with Crippen molar-refractivity contribution in [3.05, 3.63) is 71.8 Å². The van der Waals surface area contributed by atoms with Crippen molar-refractivity contribution in [3.63, 3.8) is 0 Å². The minimum Gasteiger partial charge on any atom is -0.386 e. The van der Waals surface area contributed by atoms with E-state index in [0.29, 0.717) is 17.3 Å². The van der Waals surface area contributed by atoms with E-state index in [-0.39, 0.29) is 0 Å². The quantitative estimate of drug-likeness (QED) is 0.671. The molecule has 0 spiro atoms. The summed E-state index contributed by atoms with van der Waals surface area (Å²) in [5, 5.41) is 3.79. The maximum atomic E-state index is 6.11. The average molecular weight is 329 g/mol. The molecule has 0 saturated heterocycles. The number of halogens is 1. The summed E-state index contributed by atoms with van der Waals surface area (Å²) >= 11 is 6.11. The first kappa shape index (κ1) is 15.2. The van der Waals surface area contributed by atoms with Gasteiger partial charge in [-0.15, -0.1) is 0 Å². The number of hydrogen-bond acceptors (Lipinski definition) is 4. The molecular formula is C17H17ClN4O. The van der Waals surface area contributed by atoms with Crippen LogP contribution < -0.4 is 15.6 Å². The van der Waals surface area contributed by atoms with Crippen molar-refractivity contribution in [1.29, 1.82) is 0 Å². The van der Waals surface area contributed by atoms with Gasteiger partial charge in [0, 0.05) is 30.0 Å². The minimum absolute atomic E-state index is 0.630. The van der Waals surface area contributed by atoms with Crippen LogP contribution >= 0.6 is 11.6 Å². The van der Waals surface area contributed by atoms with Gasteiger partial charge >= 0.3 is 0 Å². The van der Waals surface area contributed by atoms with Crippen LogP contribution in [0.3, 0.4) is 0 Å². The van der Waals surface area contributed by atoms with Crippen LogP contribution in [0.25, 0.3) is 0 Å². The maximum absolute atomic E-state index is 6.11. The van der Waals surface area contributed by atoms with Crippen molar-refractivity contribution < 1.29 is 4.84 Å². The molecule has 3 rings (SSSR count). The second-order valence-corrected chi connectivity index (χ2v) is 5.42. The number of nitrogens with one attached hydrogen (secondary N) is 2. The Labute approximate surface area is 139 Å². The van der Waals surface area contributed by atoms with E-state index in [1.165, 1.54) is 0 Å². The molecule has 2 N–H and O–H groups in total. The van der Waals surface area contributed by atoms with Gasteiger partial charge in [0.05, 0.1) is 24.2 Å². The van der Waals surface area contributed by atoms with Gasteiger partial charge in [-0.3, -0.25) is 0 Å². The van der Waals surface area contributed by atoms with Crippen LogP contribution in [-0.2, 0) is 6.54 Å². The Bertz CT molecular complexity index is 774. The van der Waals surface area contributed by atoms with Crippen molar-refractivity contribution in [2.24, 2.45) is 0 Å². The monoisotopic (exact) mass is 328 g/mol. The Balaban J connectivity index is 1.79. The van der Waals surface area contributed by atoms with Crippen molar-refractivity contribution in [2.75, 3.05) is 17.8 Å². The van der Waals surface area contributed by atoms with E-state index in [9.17, 15) is 0 Å². The molecule has 0 saturated carbocycles. The molecule has 1 heterocycles. The van der Waals surface area contributed by atoms with E-state index in [1.54, 1.807) is 18.6 Å². The fourth-order valence-corrected chi connectivity index (χ4v) is 2.44. The van der Waals surface area contributed by atoms with Gasteiger partial charge in [-0.05, 0) is 30.3 Å². The second kappa shape index (κ2) is 7.07. The van der Waals surface area contributed by atoms with Gasteiger partial charge in [0.15, 0.2) is 5.75 Å². The summed E-state index contributed by atoms with van der Waals surface area (Å²) in [6, 6.07) is 13.4. The van der Waals surface area contributed by atoms with Gasteiger partial charge in [-0.1, -0.05) is 23.7 Å². The van der Waals surface area contributed by atoms with Crippen LogP contribution in [-0.4, -0.2) is 16.6 Å². The highest BCUT2D eigenvalue weighted by atomic mass is 35.5. The Hall–Kier alpha value is -2.66. The molecule has 0 atom stereocenters. The zero-order valence-corrected chi connectivity index (χ0v) is 13.4. The topological polar surface area (TPSA) is 51.1 Å². The van der Waals surface area contributed by atoms with Crippen LogP contribution in [0.1, 0.15) is 5.56 Å². The first-order chi connectivity index (χ1) is 11.3. The van der Waals surface area contributed by atoms with Crippen molar-refractivity contribution in [2.45, 2.75) is 6.54 Å². The van der Waals surface area contributed by atoms with Crippen molar-refractivity contribution in [3.8, 4) is 5.75 Å². The predicted molar refractivity (Wildman–Crippen MR) is 93.0 cm³/mol. The summed E-state index contributed by atoms with van der Waals surface area (Å²) < 4.78 is 1.96. The molecule has 0 aliphatic carbocycles. The summed E-state index contributed by atoms with van der Waals surface area (Å²) in [5.74, 6) is 0.717. The largest absolute Gasteiger partial charge is 0.386 e. The van der Waals surface area contributed by atoms with E-state index < -0.39 is 0 Å². The lowest BCUT2D eigenvalue weighted by atomic mass is 10.2. The lowest BCUT2D eigenvalue weighted by molar-refractivity contribution is 0.399. The Morgan fingerprint density at radius 3 is 2.74 bits per heavy atom. The van der Waals surface area contributed by atoms with Crippen LogP contribution in [0.2, 0.25) is 5.02 Å². The fourth-order valence-electron chi connectivity index (χ4n) is 2.25. The van der Waals surface area contributed by atoms with Gasteiger partial charge in [-0.25, -0.2) is 10.5 Å². The van der Waals surface area contributed by atoms with E-state index in [2.05, 4.69) is 15.8 Å². The predicted octanol–water partition coefficient (Wildman–Crippen LogP) is 4.03. The molecule has 0 aliphatic heterocycles. The molecule has 0 amide bonds. The van der Waals surface area contributed by atoms with E-state index in [4.69, 9.17) is 16.4 Å². The summed E-state index contributed by atoms with van der Waals surface area (Å²) in [5.41, 5.74) is 5.77. The molecule has 2 aromatic carbocycles. The van der Waals surface area contributed by atoms with Gasteiger partial charge < -0.3 is 14.7 Å². The molecular weight excluding hydrogens is 312 g/mol. The van der Waals surface area contributed by atoms with Gasteiger partial charge in [0.1, 0.15) is 0 Å². The Morgan fingerprint density at radius 1 is 1.17 bits per heavy atom. The molecule has 0 bridgehead atoms. The number of anilines is 2. The first-order valence-corrected chi connectivity index (χ1v) is 7.58. The number of hydrogen-bond donors (Lipinski definition) is 2.